The molecule has 0 aromatic carbocycles. The molecular formula is C17H24IN5. The van der Waals surface area contributed by atoms with Gasteiger partial charge in [0.25, 0.3) is 0 Å². The van der Waals surface area contributed by atoms with E-state index in [1.807, 2.05) is 19.3 Å². The number of aliphatic imine (C=N–C) groups is 1. The summed E-state index contributed by atoms with van der Waals surface area (Å²) >= 11 is 0. The van der Waals surface area contributed by atoms with Gasteiger partial charge in [-0.3, -0.25) is 4.99 Å². The van der Waals surface area contributed by atoms with Crippen molar-refractivity contribution in [2.75, 3.05) is 13.6 Å². The molecule has 1 aliphatic rings. The van der Waals surface area contributed by atoms with Gasteiger partial charge in [0.15, 0.2) is 5.96 Å². The number of halogens is 1. The van der Waals surface area contributed by atoms with Crippen LogP contribution in [-0.2, 0) is 6.42 Å². The molecule has 0 saturated carbocycles. The van der Waals surface area contributed by atoms with Crippen molar-refractivity contribution >= 4 is 35.6 Å². The van der Waals surface area contributed by atoms with E-state index in [1.54, 1.807) is 0 Å². The first-order valence-corrected chi connectivity index (χ1v) is 7.81. The number of guanidine groups is 1. The third kappa shape index (κ3) is 4.46. The van der Waals surface area contributed by atoms with E-state index in [1.165, 1.54) is 5.56 Å². The average molecular weight is 425 g/mol. The molecule has 1 aliphatic carbocycles. The van der Waals surface area contributed by atoms with Crippen LogP contribution >= 0.6 is 24.0 Å². The average Bonchev–Trinajstić information content (AvgIpc) is 3.16. The molecule has 6 heteroatoms. The van der Waals surface area contributed by atoms with E-state index < -0.39 is 0 Å². The Hall–Kier alpha value is -1.57. The summed E-state index contributed by atoms with van der Waals surface area (Å²) < 4.78 is 2.09. The normalized spacial score (nSPS) is 15.0. The SMILES string of the molecule is CN=C(NCCc1cn2cccc(C)c2n1)NC1CC=CC1.I. The molecule has 5 nitrogen and oxygen atoms in total. The van der Waals surface area contributed by atoms with Gasteiger partial charge in [-0.1, -0.05) is 18.2 Å². The van der Waals surface area contributed by atoms with Crippen LogP contribution in [0.3, 0.4) is 0 Å². The maximum atomic E-state index is 4.69. The van der Waals surface area contributed by atoms with E-state index in [0.29, 0.717) is 6.04 Å². The minimum atomic E-state index is 0. The lowest BCUT2D eigenvalue weighted by Crippen LogP contribution is -2.43. The fraction of sp³-hybridized carbons (Fsp3) is 0.412. The molecule has 0 bridgehead atoms. The number of rotatable bonds is 4. The molecule has 0 unspecified atom stereocenters. The van der Waals surface area contributed by atoms with Crippen LogP contribution in [0.1, 0.15) is 24.1 Å². The Morgan fingerprint density at radius 1 is 1.39 bits per heavy atom. The number of aromatic nitrogens is 2. The molecule has 0 aliphatic heterocycles. The molecule has 0 fully saturated rings. The highest BCUT2D eigenvalue weighted by Gasteiger charge is 2.11. The van der Waals surface area contributed by atoms with Crippen molar-refractivity contribution in [3.8, 4) is 0 Å². The molecule has 2 aromatic heterocycles. The van der Waals surface area contributed by atoms with Gasteiger partial charge in [0.05, 0.1) is 5.69 Å². The Morgan fingerprint density at radius 3 is 2.87 bits per heavy atom. The first-order chi connectivity index (χ1) is 10.8. The third-order valence-electron chi connectivity index (χ3n) is 3.97. The summed E-state index contributed by atoms with van der Waals surface area (Å²) in [4.78, 5) is 8.97. The number of pyridine rings is 1. The molecular weight excluding hydrogens is 401 g/mol. The molecule has 0 amide bonds. The predicted octanol–water partition coefficient (Wildman–Crippen LogP) is 2.69. The van der Waals surface area contributed by atoms with E-state index in [9.17, 15) is 0 Å². The molecule has 23 heavy (non-hydrogen) atoms. The number of nitrogens with one attached hydrogen (secondary N) is 2. The smallest absolute Gasteiger partial charge is 0.191 e. The van der Waals surface area contributed by atoms with Crippen LogP contribution in [0.2, 0.25) is 0 Å². The quantitative estimate of drug-likeness (QED) is 0.343. The molecule has 2 N–H and O–H groups in total. The van der Waals surface area contributed by atoms with Crippen molar-refractivity contribution in [3.05, 3.63) is 47.9 Å². The first-order valence-electron chi connectivity index (χ1n) is 7.81. The summed E-state index contributed by atoms with van der Waals surface area (Å²) in [5.41, 5.74) is 3.34. The van der Waals surface area contributed by atoms with Gasteiger partial charge >= 0.3 is 0 Å². The lowest BCUT2D eigenvalue weighted by Gasteiger charge is -2.16. The zero-order chi connectivity index (χ0) is 15.4. The largest absolute Gasteiger partial charge is 0.356 e. The summed E-state index contributed by atoms with van der Waals surface area (Å²) in [7, 11) is 1.81. The predicted molar refractivity (Wildman–Crippen MR) is 106 cm³/mol. The van der Waals surface area contributed by atoms with Crippen LogP contribution in [0, 0.1) is 6.92 Å². The van der Waals surface area contributed by atoms with Crippen LogP contribution in [0.4, 0.5) is 0 Å². The van der Waals surface area contributed by atoms with Gasteiger partial charge in [0, 0.05) is 38.4 Å². The van der Waals surface area contributed by atoms with Crippen molar-refractivity contribution in [2.45, 2.75) is 32.2 Å². The second kappa shape index (κ2) is 8.33. The fourth-order valence-electron chi connectivity index (χ4n) is 2.76. The number of fused-ring (bicyclic) bond motifs is 1. The van der Waals surface area contributed by atoms with Gasteiger partial charge in [-0.05, 0) is 31.4 Å². The van der Waals surface area contributed by atoms with Crippen LogP contribution in [0.15, 0.2) is 41.7 Å². The van der Waals surface area contributed by atoms with Gasteiger partial charge in [-0.25, -0.2) is 4.98 Å². The van der Waals surface area contributed by atoms with Gasteiger partial charge in [-0.15, -0.1) is 24.0 Å². The highest BCUT2D eigenvalue weighted by molar-refractivity contribution is 14.0. The van der Waals surface area contributed by atoms with E-state index in [-0.39, 0.29) is 24.0 Å². The number of imidazole rings is 1. The molecule has 0 spiro atoms. The van der Waals surface area contributed by atoms with Crippen LogP contribution in [-0.4, -0.2) is 35.0 Å². The van der Waals surface area contributed by atoms with E-state index in [2.05, 4.69) is 51.4 Å². The maximum absolute atomic E-state index is 4.69. The topological polar surface area (TPSA) is 53.7 Å². The molecule has 3 rings (SSSR count). The van der Waals surface area contributed by atoms with Crippen LogP contribution in [0.25, 0.3) is 5.65 Å². The Bertz CT molecular complexity index is 696. The Morgan fingerprint density at radius 2 is 2.17 bits per heavy atom. The Balaban J connectivity index is 0.00000192. The highest BCUT2D eigenvalue weighted by atomic mass is 127. The first kappa shape index (κ1) is 17.8. The standard InChI is InChI=1S/C17H23N5.HI/c1-13-6-5-11-22-12-15(20-16(13)22)9-10-19-17(18-2)21-14-7-3-4-8-14;/h3-6,11-12,14H,7-10H2,1-2H3,(H2,18,19,21);1H. The molecule has 2 aromatic rings. The molecule has 0 radical (unpaired) electrons. The minimum Gasteiger partial charge on any atom is -0.356 e. The zero-order valence-electron chi connectivity index (χ0n) is 13.6. The zero-order valence-corrected chi connectivity index (χ0v) is 16.0. The second-order valence-corrected chi connectivity index (χ2v) is 5.69. The highest BCUT2D eigenvalue weighted by Crippen LogP contribution is 2.10. The van der Waals surface area contributed by atoms with Crippen LogP contribution < -0.4 is 10.6 Å². The molecule has 0 saturated heterocycles. The van der Waals surface area contributed by atoms with Crippen molar-refractivity contribution in [1.82, 2.24) is 20.0 Å². The summed E-state index contributed by atoms with van der Waals surface area (Å²) in [6.07, 6.45) is 11.6. The number of nitrogens with zero attached hydrogens (tertiary/aromatic N) is 3. The lowest BCUT2D eigenvalue weighted by atomic mass is 10.2. The number of hydrogen-bond acceptors (Lipinski definition) is 2. The number of aryl methyl sites for hydroxylation is 1. The summed E-state index contributed by atoms with van der Waals surface area (Å²) in [6, 6.07) is 4.61. The Kier molecular flexibility index (Phi) is 6.44. The maximum Gasteiger partial charge on any atom is 0.191 e. The van der Waals surface area contributed by atoms with Crippen molar-refractivity contribution in [1.29, 1.82) is 0 Å². The van der Waals surface area contributed by atoms with E-state index in [4.69, 9.17) is 4.98 Å². The minimum absolute atomic E-state index is 0. The van der Waals surface area contributed by atoms with Gasteiger partial charge in [0.2, 0.25) is 0 Å². The van der Waals surface area contributed by atoms with E-state index >= 15 is 0 Å². The van der Waals surface area contributed by atoms with E-state index in [0.717, 1.165) is 43.1 Å². The summed E-state index contributed by atoms with van der Waals surface area (Å²) in [6.45, 7) is 2.91. The van der Waals surface area contributed by atoms with Gasteiger partial charge in [0.1, 0.15) is 5.65 Å². The second-order valence-electron chi connectivity index (χ2n) is 5.69. The van der Waals surface area contributed by atoms with Crippen LogP contribution in [0.5, 0.6) is 0 Å². The number of hydrogen-bond donors (Lipinski definition) is 2. The van der Waals surface area contributed by atoms with Gasteiger partial charge in [-0.2, -0.15) is 0 Å². The summed E-state index contributed by atoms with van der Waals surface area (Å²) in [5.74, 6) is 0.869. The Labute approximate surface area is 154 Å². The lowest BCUT2D eigenvalue weighted by molar-refractivity contribution is 0.632. The van der Waals surface area contributed by atoms with Gasteiger partial charge < -0.3 is 15.0 Å². The van der Waals surface area contributed by atoms with Crippen molar-refractivity contribution in [2.24, 2.45) is 4.99 Å². The van der Waals surface area contributed by atoms with Crippen molar-refractivity contribution in [3.63, 3.8) is 0 Å². The third-order valence-corrected chi connectivity index (χ3v) is 3.97. The molecule has 2 heterocycles. The molecule has 124 valence electrons. The molecule has 0 atom stereocenters. The summed E-state index contributed by atoms with van der Waals surface area (Å²) in [5, 5.41) is 6.80. The monoisotopic (exact) mass is 425 g/mol. The van der Waals surface area contributed by atoms with Crippen molar-refractivity contribution < 1.29 is 0 Å². The fourth-order valence-corrected chi connectivity index (χ4v) is 2.76.